The molecule has 2 fully saturated rings. The first-order valence-electron chi connectivity index (χ1n) is 11.4. The van der Waals surface area contributed by atoms with Crippen LogP contribution in [-0.2, 0) is 11.2 Å². The molecule has 3 aromatic rings. The van der Waals surface area contributed by atoms with Crippen molar-refractivity contribution in [3.63, 3.8) is 0 Å². The van der Waals surface area contributed by atoms with Gasteiger partial charge >= 0.3 is 0 Å². The van der Waals surface area contributed by atoms with E-state index in [-0.39, 0.29) is 11.9 Å². The molecule has 5 rings (SSSR count). The average Bonchev–Trinajstić information content (AvgIpc) is 3.30. The molecule has 0 unspecified atom stereocenters. The number of benzene rings is 2. The fourth-order valence-corrected chi connectivity index (χ4v) is 4.75. The minimum absolute atomic E-state index is 0.0450. The Morgan fingerprint density at radius 2 is 2.03 bits per heavy atom. The molecule has 2 aromatic carbocycles. The van der Waals surface area contributed by atoms with Gasteiger partial charge in [0, 0.05) is 44.8 Å². The average molecular weight is 442 g/mol. The van der Waals surface area contributed by atoms with Gasteiger partial charge in [0.05, 0.1) is 11.6 Å². The maximum atomic E-state index is 13.0. The van der Waals surface area contributed by atoms with E-state index in [1.165, 1.54) is 0 Å². The molecule has 8 nitrogen and oxygen atoms in total. The summed E-state index contributed by atoms with van der Waals surface area (Å²) < 4.78 is 0. The van der Waals surface area contributed by atoms with Crippen molar-refractivity contribution < 1.29 is 4.79 Å². The molecule has 8 heteroatoms. The molecule has 3 heterocycles. The number of nitrogens with one attached hydrogen (secondary N) is 2. The van der Waals surface area contributed by atoms with E-state index in [0.29, 0.717) is 17.9 Å². The summed E-state index contributed by atoms with van der Waals surface area (Å²) in [6, 6.07) is 16.1. The van der Waals surface area contributed by atoms with Crippen LogP contribution in [0, 0.1) is 18.3 Å². The lowest BCUT2D eigenvalue weighted by atomic mass is 9.94. The fourth-order valence-electron chi connectivity index (χ4n) is 4.75. The molecule has 2 aliphatic rings. The predicted molar refractivity (Wildman–Crippen MR) is 125 cm³/mol. The van der Waals surface area contributed by atoms with Gasteiger partial charge in [0.2, 0.25) is 5.91 Å². The summed E-state index contributed by atoms with van der Waals surface area (Å²) >= 11 is 0. The van der Waals surface area contributed by atoms with E-state index in [2.05, 4.69) is 43.6 Å². The summed E-state index contributed by atoms with van der Waals surface area (Å²) in [6.07, 6.45) is 0.744. The highest BCUT2D eigenvalue weighted by Gasteiger charge is 2.35. The van der Waals surface area contributed by atoms with Gasteiger partial charge in [-0.2, -0.15) is 5.26 Å². The van der Waals surface area contributed by atoms with Crippen molar-refractivity contribution in [2.75, 3.05) is 39.3 Å². The Morgan fingerprint density at radius 3 is 2.85 bits per heavy atom. The molecule has 2 aliphatic heterocycles. The summed E-state index contributed by atoms with van der Waals surface area (Å²) in [5, 5.41) is 21.0. The number of aromatic amines is 1. The van der Waals surface area contributed by atoms with Crippen LogP contribution in [0.5, 0.6) is 0 Å². The van der Waals surface area contributed by atoms with Crippen molar-refractivity contribution in [1.29, 1.82) is 5.26 Å². The number of nitrogens with zero attached hydrogens (tertiary/aromatic N) is 5. The van der Waals surface area contributed by atoms with Crippen molar-refractivity contribution >= 4 is 5.91 Å². The smallest absolute Gasteiger partial charge is 0.241 e. The zero-order valence-electron chi connectivity index (χ0n) is 18.7. The zero-order chi connectivity index (χ0) is 22.8. The third-order valence-corrected chi connectivity index (χ3v) is 6.54. The van der Waals surface area contributed by atoms with E-state index in [9.17, 15) is 10.1 Å². The lowest BCUT2D eigenvalue weighted by Gasteiger charge is -2.43. The Morgan fingerprint density at radius 1 is 1.12 bits per heavy atom. The molecule has 2 saturated heterocycles. The Kier molecular flexibility index (Phi) is 5.90. The minimum Gasteiger partial charge on any atom is -0.340 e. The number of piperazine rings is 2. The Balaban J connectivity index is 1.42. The fraction of sp³-hybridized carbons (Fsp3) is 0.360. The molecule has 0 aliphatic carbocycles. The number of rotatable bonds is 5. The van der Waals surface area contributed by atoms with Gasteiger partial charge < -0.3 is 15.2 Å². The molecular weight excluding hydrogens is 414 g/mol. The Labute approximate surface area is 193 Å². The van der Waals surface area contributed by atoms with E-state index < -0.39 is 0 Å². The summed E-state index contributed by atoms with van der Waals surface area (Å²) in [4.78, 5) is 20.5. The van der Waals surface area contributed by atoms with E-state index in [1.54, 1.807) is 0 Å². The van der Waals surface area contributed by atoms with Crippen LogP contribution in [0.25, 0.3) is 22.5 Å². The van der Waals surface area contributed by atoms with E-state index in [1.807, 2.05) is 42.2 Å². The summed E-state index contributed by atoms with van der Waals surface area (Å²) in [6.45, 7) is 6.86. The van der Waals surface area contributed by atoms with Gasteiger partial charge in [-0.05, 0) is 48.2 Å². The zero-order valence-corrected chi connectivity index (χ0v) is 18.7. The number of nitriles is 1. The van der Waals surface area contributed by atoms with Gasteiger partial charge in [-0.25, -0.2) is 0 Å². The Bertz CT molecular complexity index is 1210. The van der Waals surface area contributed by atoms with Crippen LogP contribution in [0.1, 0.15) is 17.0 Å². The first kappa shape index (κ1) is 21.3. The van der Waals surface area contributed by atoms with Crippen LogP contribution in [0.3, 0.4) is 0 Å². The number of aromatic nitrogens is 3. The number of amides is 1. The van der Waals surface area contributed by atoms with Crippen molar-refractivity contribution in [3.05, 3.63) is 59.4 Å². The normalized spacial score (nSPS) is 18.7. The SMILES string of the molecule is Cc1nnc(-c2ccc(CCN3CCN4CCNC[C@@H]4C3=O)c(-c3cccc(C#N)c3)c2)[nH]1. The van der Waals surface area contributed by atoms with Crippen LogP contribution >= 0.6 is 0 Å². The standard InChI is InChI=1S/C25H27N7O/c1-17-28-24(30-29-17)21-6-5-19(22(14-21)20-4-2-3-18(13-20)15-26)7-9-32-12-11-31-10-8-27-16-23(31)25(32)33/h2-6,13-14,23,27H,7-12,16H2,1H3,(H,28,29,30)/t23-/m1/s1. The second kappa shape index (κ2) is 9.14. The predicted octanol–water partition coefficient (Wildman–Crippen LogP) is 1.98. The van der Waals surface area contributed by atoms with Gasteiger partial charge in [-0.1, -0.05) is 24.3 Å². The number of fused-ring (bicyclic) bond motifs is 1. The van der Waals surface area contributed by atoms with Gasteiger partial charge in [-0.15, -0.1) is 10.2 Å². The maximum Gasteiger partial charge on any atom is 0.241 e. The maximum absolute atomic E-state index is 13.0. The lowest BCUT2D eigenvalue weighted by molar-refractivity contribution is -0.142. The number of hydrogen-bond acceptors (Lipinski definition) is 6. The quantitative estimate of drug-likeness (QED) is 0.628. The van der Waals surface area contributed by atoms with Gasteiger partial charge in [0.25, 0.3) is 0 Å². The van der Waals surface area contributed by atoms with Crippen LogP contribution in [0.4, 0.5) is 0 Å². The molecule has 0 bridgehead atoms. The molecule has 1 aromatic heterocycles. The highest BCUT2D eigenvalue weighted by atomic mass is 16.2. The molecular formula is C25H27N7O. The van der Waals surface area contributed by atoms with Crippen LogP contribution in [-0.4, -0.2) is 76.2 Å². The summed E-state index contributed by atoms with van der Waals surface area (Å²) in [5.74, 6) is 1.69. The van der Waals surface area contributed by atoms with Crippen LogP contribution < -0.4 is 5.32 Å². The largest absolute Gasteiger partial charge is 0.340 e. The third-order valence-electron chi connectivity index (χ3n) is 6.54. The molecule has 168 valence electrons. The van der Waals surface area contributed by atoms with Crippen LogP contribution in [0.2, 0.25) is 0 Å². The molecule has 2 N–H and O–H groups in total. The number of carbonyl (C=O) groups is 1. The van der Waals surface area contributed by atoms with Gasteiger partial charge in [-0.3, -0.25) is 9.69 Å². The lowest BCUT2D eigenvalue weighted by Crippen LogP contribution is -2.64. The van der Waals surface area contributed by atoms with Crippen LogP contribution in [0.15, 0.2) is 42.5 Å². The number of carbonyl (C=O) groups excluding carboxylic acids is 1. The number of hydrogen-bond donors (Lipinski definition) is 2. The number of H-pyrrole nitrogens is 1. The topological polar surface area (TPSA) is 101 Å². The summed E-state index contributed by atoms with van der Waals surface area (Å²) in [5.41, 5.74) is 4.73. The molecule has 0 spiro atoms. The van der Waals surface area contributed by atoms with Crippen molar-refractivity contribution in [1.82, 2.24) is 30.3 Å². The second-order valence-corrected chi connectivity index (χ2v) is 8.65. The van der Waals surface area contributed by atoms with Crippen molar-refractivity contribution in [3.8, 4) is 28.6 Å². The van der Waals surface area contributed by atoms with E-state index >= 15 is 0 Å². The monoisotopic (exact) mass is 441 g/mol. The highest BCUT2D eigenvalue weighted by Crippen LogP contribution is 2.30. The molecule has 1 amide bonds. The molecule has 33 heavy (non-hydrogen) atoms. The highest BCUT2D eigenvalue weighted by molar-refractivity contribution is 5.83. The van der Waals surface area contributed by atoms with Gasteiger partial charge in [0.15, 0.2) is 5.82 Å². The van der Waals surface area contributed by atoms with Crippen molar-refractivity contribution in [2.45, 2.75) is 19.4 Å². The van der Waals surface area contributed by atoms with E-state index in [4.69, 9.17) is 0 Å². The van der Waals surface area contributed by atoms with Gasteiger partial charge in [0.1, 0.15) is 11.9 Å². The second-order valence-electron chi connectivity index (χ2n) is 8.65. The first-order valence-corrected chi connectivity index (χ1v) is 11.4. The molecule has 0 radical (unpaired) electrons. The molecule has 1 atom stereocenters. The summed E-state index contributed by atoms with van der Waals surface area (Å²) in [7, 11) is 0. The van der Waals surface area contributed by atoms with E-state index in [0.717, 1.165) is 67.2 Å². The first-order chi connectivity index (χ1) is 16.1. The minimum atomic E-state index is -0.0450. The number of aryl methyl sites for hydroxylation is 1. The van der Waals surface area contributed by atoms with Crippen molar-refractivity contribution in [2.24, 2.45) is 0 Å². The third kappa shape index (κ3) is 4.38. The molecule has 0 saturated carbocycles. The Hall–Kier alpha value is -3.54.